The lowest BCUT2D eigenvalue weighted by Crippen LogP contribution is -2.18. The molecule has 0 saturated carbocycles. The number of hydrazone groups is 1. The summed E-state index contributed by atoms with van der Waals surface area (Å²) in [6.45, 7) is 3.80. The Bertz CT molecular complexity index is 804. The van der Waals surface area contributed by atoms with Crippen LogP contribution in [-0.2, 0) is 9.53 Å². The van der Waals surface area contributed by atoms with Crippen molar-refractivity contribution < 1.29 is 19.1 Å². The molecule has 1 amide bonds. The summed E-state index contributed by atoms with van der Waals surface area (Å²) in [4.78, 5) is 23.3. The average molecular weight is 375 g/mol. The predicted octanol–water partition coefficient (Wildman–Crippen LogP) is 3.35. The number of carbonyl (C=O) groups excluding carboxylic acids is 2. The molecular weight excluding hydrogens is 356 g/mol. The van der Waals surface area contributed by atoms with Gasteiger partial charge in [-0.15, -0.1) is 0 Å². The molecule has 2 rings (SSSR count). The molecule has 0 aliphatic rings. The Morgan fingerprint density at radius 2 is 1.92 bits per heavy atom. The van der Waals surface area contributed by atoms with Gasteiger partial charge in [0.2, 0.25) is 0 Å². The molecule has 0 unspecified atom stereocenters. The highest BCUT2D eigenvalue weighted by atomic mass is 35.5. The Morgan fingerprint density at radius 1 is 1.19 bits per heavy atom. The maximum Gasteiger partial charge on any atom is 0.344 e. The Morgan fingerprint density at radius 3 is 2.58 bits per heavy atom. The van der Waals surface area contributed by atoms with Gasteiger partial charge in [0.25, 0.3) is 5.91 Å². The molecule has 2 aromatic carbocycles. The number of hydrogen-bond donors (Lipinski definition) is 1. The molecule has 2 aromatic rings. The number of amides is 1. The zero-order valence-electron chi connectivity index (χ0n) is 14.5. The van der Waals surface area contributed by atoms with Gasteiger partial charge in [0.15, 0.2) is 6.61 Å². The molecular formula is C19H19ClN2O4. The van der Waals surface area contributed by atoms with E-state index in [1.807, 2.05) is 6.92 Å². The van der Waals surface area contributed by atoms with E-state index in [2.05, 4.69) is 10.5 Å². The lowest BCUT2D eigenvalue weighted by Gasteiger charge is -2.06. The van der Waals surface area contributed by atoms with Crippen molar-refractivity contribution in [1.82, 2.24) is 5.43 Å². The SMILES string of the molecule is CCOC(=O)COc1ccc(/C=N\NC(=O)c2ccc(C)cc2Cl)cc1. The number of nitrogens with one attached hydrogen (secondary N) is 1. The number of nitrogens with zero attached hydrogens (tertiary/aromatic N) is 1. The van der Waals surface area contributed by atoms with Crippen molar-refractivity contribution in [2.45, 2.75) is 13.8 Å². The number of carbonyl (C=O) groups is 2. The molecule has 0 aliphatic carbocycles. The average Bonchev–Trinajstić information content (AvgIpc) is 2.61. The summed E-state index contributed by atoms with van der Waals surface area (Å²) >= 11 is 6.05. The number of hydrogen-bond acceptors (Lipinski definition) is 5. The molecule has 7 heteroatoms. The second-order valence-electron chi connectivity index (χ2n) is 5.35. The molecule has 6 nitrogen and oxygen atoms in total. The molecule has 0 aliphatic heterocycles. The Labute approximate surface area is 156 Å². The van der Waals surface area contributed by atoms with Crippen molar-refractivity contribution in [3.63, 3.8) is 0 Å². The molecule has 26 heavy (non-hydrogen) atoms. The number of benzene rings is 2. The van der Waals surface area contributed by atoms with E-state index >= 15 is 0 Å². The third-order valence-corrected chi connectivity index (χ3v) is 3.60. The van der Waals surface area contributed by atoms with Gasteiger partial charge in [-0.2, -0.15) is 5.10 Å². The van der Waals surface area contributed by atoms with Gasteiger partial charge in [0.1, 0.15) is 5.75 Å². The van der Waals surface area contributed by atoms with Crippen LogP contribution in [0.5, 0.6) is 5.75 Å². The first-order valence-electron chi connectivity index (χ1n) is 7.97. The first kappa shape index (κ1) is 19.5. The molecule has 0 aromatic heterocycles. The van der Waals surface area contributed by atoms with Crippen LogP contribution in [0.25, 0.3) is 0 Å². The van der Waals surface area contributed by atoms with Crippen molar-refractivity contribution in [3.05, 3.63) is 64.2 Å². The van der Waals surface area contributed by atoms with E-state index < -0.39 is 5.97 Å². The van der Waals surface area contributed by atoms with Crippen LogP contribution in [0.15, 0.2) is 47.6 Å². The van der Waals surface area contributed by atoms with Crippen LogP contribution in [-0.4, -0.2) is 31.3 Å². The Hall–Kier alpha value is -2.86. The third kappa shape index (κ3) is 5.89. The van der Waals surface area contributed by atoms with E-state index in [9.17, 15) is 9.59 Å². The summed E-state index contributed by atoms with van der Waals surface area (Å²) in [5, 5.41) is 4.29. The Balaban J connectivity index is 1.88. The van der Waals surface area contributed by atoms with Crippen molar-refractivity contribution in [2.24, 2.45) is 5.10 Å². The molecule has 0 spiro atoms. The van der Waals surface area contributed by atoms with E-state index in [0.717, 1.165) is 11.1 Å². The minimum Gasteiger partial charge on any atom is -0.482 e. The van der Waals surface area contributed by atoms with Gasteiger partial charge in [-0.3, -0.25) is 4.79 Å². The molecule has 0 fully saturated rings. The minimum atomic E-state index is -0.421. The molecule has 0 atom stereocenters. The van der Waals surface area contributed by atoms with Crippen LogP contribution in [0.1, 0.15) is 28.4 Å². The van der Waals surface area contributed by atoms with Crippen molar-refractivity contribution in [3.8, 4) is 5.75 Å². The maximum atomic E-state index is 12.1. The standard InChI is InChI=1S/C19H19ClN2O4/c1-3-25-18(23)12-26-15-7-5-14(6-8-15)11-21-22-19(24)16-9-4-13(2)10-17(16)20/h4-11H,3,12H2,1-2H3,(H,22,24)/b21-11-. The zero-order valence-corrected chi connectivity index (χ0v) is 15.2. The van der Waals surface area contributed by atoms with Gasteiger partial charge in [-0.05, 0) is 61.4 Å². The van der Waals surface area contributed by atoms with Crippen molar-refractivity contribution in [2.75, 3.05) is 13.2 Å². The summed E-state index contributed by atoms with van der Waals surface area (Å²) in [6.07, 6.45) is 1.50. The second-order valence-corrected chi connectivity index (χ2v) is 5.75. The second kappa shape index (κ2) is 9.58. The minimum absolute atomic E-state index is 0.144. The lowest BCUT2D eigenvalue weighted by molar-refractivity contribution is -0.145. The fourth-order valence-electron chi connectivity index (χ4n) is 2.02. The number of esters is 1. The Kier molecular flexibility index (Phi) is 7.17. The molecule has 1 N–H and O–H groups in total. The van der Waals surface area contributed by atoms with Gasteiger partial charge in [0, 0.05) is 0 Å². The summed E-state index contributed by atoms with van der Waals surface area (Å²) in [5.74, 6) is -0.276. The zero-order chi connectivity index (χ0) is 18.9. The van der Waals surface area contributed by atoms with E-state index in [1.165, 1.54) is 6.21 Å². The van der Waals surface area contributed by atoms with Crippen molar-refractivity contribution in [1.29, 1.82) is 0 Å². The summed E-state index contributed by atoms with van der Waals surface area (Å²) < 4.78 is 10.1. The lowest BCUT2D eigenvalue weighted by atomic mass is 10.1. The summed E-state index contributed by atoms with van der Waals surface area (Å²) in [7, 11) is 0. The van der Waals surface area contributed by atoms with E-state index in [1.54, 1.807) is 49.4 Å². The highest BCUT2D eigenvalue weighted by Crippen LogP contribution is 2.17. The molecule has 0 radical (unpaired) electrons. The highest BCUT2D eigenvalue weighted by Gasteiger charge is 2.09. The van der Waals surface area contributed by atoms with Gasteiger partial charge in [0.05, 0.1) is 23.4 Å². The third-order valence-electron chi connectivity index (χ3n) is 3.29. The highest BCUT2D eigenvalue weighted by molar-refractivity contribution is 6.33. The first-order chi connectivity index (χ1) is 12.5. The first-order valence-corrected chi connectivity index (χ1v) is 8.35. The molecule has 0 saturated heterocycles. The quantitative estimate of drug-likeness (QED) is 0.458. The van der Waals surface area contributed by atoms with Gasteiger partial charge >= 0.3 is 5.97 Å². The fraction of sp³-hybridized carbons (Fsp3) is 0.211. The van der Waals surface area contributed by atoms with E-state index in [-0.39, 0.29) is 12.5 Å². The molecule has 136 valence electrons. The van der Waals surface area contributed by atoms with Crippen LogP contribution in [0.4, 0.5) is 0 Å². The van der Waals surface area contributed by atoms with E-state index in [0.29, 0.717) is 22.9 Å². The molecule has 0 heterocycles. The van der Waals surface area contributed by atoms with Crippen LogP contribution in [0.3, 0.4) is 0 Å². The normalized spacial score (nSPS) is 10.6. The summed E-state index contributed by atoms with van der Waals surface area (Å²) in [6, 6.07) is 12.1. The summed E-state index contributed by atoms with van der Waals surface area (Å²) in [5.41, 5.74) is 4.51. The number of rotatable bonds is 7. The number of halogens is 1. The smallest absolute Gasteiger partial charge is 0.344 e. The van der Waals surface area contributed by atoms with Gasteiger partial charge in [-0.25, -0.2) is 10.2 Å². The van der Waals surface area contributed by atoms with Crippen LogP contribution < -0.4 is 10.2 Å². The topological polar surface area (TPSA) is 77.0 Å². The monoisotopic (exact) mass is 374 g/mol. The van der Waals surface area contributed by atoms with Crippen LogP contribution in [0.2, 0.25) is 5.02 Å². The predicted molar refractivity (Wildman–Crippen MR) is 99.8 cm³/mol. The molecule has 0 bridgehead atoms. The van der Waals surface area contributed by atoms with Crippen molar-refractivity contribution >= 4 is 29.7 Å². The van der Waals surface area contributed by atoms with Gasteiger partial charge < -0.3 is 9.47 Å². The fourth-order valence-corrected chi connectivity index (χ4v) is 2.35. The van der Waals surface area contributed by atoms with Crippen LogP contribution >= 0.6 is 11.6 Å². The number of ether oxygens (including phenoxy) is 2. The largest absolute Gasteiger partial charge is 0.482 e. The van der Waals surface area contributed by atoms with Gasteiger partial charge in [-0.1, -0.05) is 17.7 Å². The van der Waals surface area contributed by atoms with Crippen LogP contribution in [0, 0.1) is 6.92 Å². The number of aryl methyl sites for hydroxylation is 1. The van der Waals surface area contributed by atoms with E-state index in [4.69, 9.17) is 21.1 Å². The maximum absolute atomic E-state index is 12.1.